The summed E-state index contributed by atoms with van der Waals surface area (Å²) in [6, 6.07) is 7.62. The number of fused-ring (bicyclic) bond motifs is 3. The number of aliphatic hydroxyl groups excluding tert-OH is 5. The molecule has 0 aromatic heterocycles. The zero-order chi connectivity index (χ0) is 35.7. The highest BCUT2D eigenvalue weighted by Crippen LogP contribution is 2.55. The highest BCUT2D eigenvalue weighted by molar-refractivity contribution is 5.64. The fraction of sp³-hybridized carbons (Fsp3) is 0.647. The van der Waals surface area contributed by atoms with Crippen LogP contribution < -0.4 is 23.7 Å². The van der Waals surface area contributed by atoms with Crippen LogP contribution in [0.3, 0.4) is 0 Å². The second-order valence-electron chi connectivity index (χ2n) is 13.0. The van der Waals surface area contributed by atoms with Crippen molar-refractivity contribution in [1.82, 2.24) is 0 Å². The van der Waals surface area contributed by atoms with E-state index in [0.717, 1.165) is 16.7 Å². The van der Waals surface area contributed by atoms with Gasteiger partial charge in [-0.2, -0.15) is 0 Å². The Kier molecular flexibility index (Phi) is 11.3. The van der Waals surface area contributed by atoms with Gasteiger partial charge in [-0.15, -0.1) is 0 Å². The zero-order valence-corrected chi connectivity index (χ0v) is 28.3. The van der Waals surface area contributed by atoms with Crippen LogP contribution in [-0.4, -0.2) is 148 Å². The topological polar surface area (TPSA) is 214 Å². The largest absolute Gasteiger partial charge is 0.493 e. The second-order valence-corrected chi connectivity index (χ2v) is 13.0. The maximum absolute atomic E-state index is 10.9. The van der Waals surface area contributed by atoms with Gasteiger partial charge < -0.3 is 78.0 Å². The molecule has 16 heteroatoms. The molecule has 16 nitrogen and oxygen atoms in total. The van der Waals surface area contributed by atoms with E-state index in [2.05, 4.69) is 0 Å². The lowest BCUT2D eigenvalue weighted by Crippen LogP contribution is -2.60. The van der Waals surface area contributed by atoms with Gasteiger partial charge in [0.25, 0.3) is 0 Å². The zero-order valence-electron chi connectivity index (χ0n) is 28.3. The van der Waals surface area contributed by atoms with Crippen molar-refractivity contribution < 1.29 is 78.0 Å². The lowest BCUT2D eigenvalue weighted by atomic mass is 9.66. The van der Waals surface area contributed by atoms with E-state index in [1.165, 1.54) is 0 Å². The Bertz CT molecular complexity index is 1470. The SMILES string of the molecule is COCC1C(COC2OC(COC3OCC(O)(CO)C3O)C(O)C(O)C2O)Cc2cc(OC)c3c(c2C1c1ccc(OC)c(OC)c1)OCO3. The van der Waals surface area contributed by atoms with Crippen LogP contribution in [0.1, 0.15) is 22.6 Å². The van der Waals surface area contributed by atoms with Gasteiger partial charge in [-0.1, -0.05) is 6.07 Å². The minimum Gasteiger partial charge on any atom is -0.493 e. The Morgan fingerprint density at radius 2 is 1.52 bits per heavy atom. The van der Waals surface area contributed by atoms with Gasteiger partial charge in [0.05, 0.1) is 54.4 Å². The highest BCUT2D eigenvalue weighted by Gasteiger charge is 2.50. The van der Waals surface area contributed by atoms with Crippen molar-refractivity contribution in [2.24, 2.45) is 11.8 Å². The van der Waals surface area contributed by atoms with E-state index in [1.807, 2.05) is 24.3 Å². The number of aliphatic hydroxyl groups is 6. The number of hydrogen-bond acceptors (Lipinski definition) is 16. The van der Waals surface area contributed by atoms with Crippen LogP contribution in [-0.2, 0) is 30.1 Å². The first-order valence-electron chi connectivity index (χ1n) is 16.3. The van der Waals surface area contributed by atoms with Crippen LogP contribution >= 0.6 is 0 Å². The summed E-state index contributed by atoms with van der Waals surface area (Å²) in [5, 5.41) is 62.3. The molecule has 50 heavy (non-hydrogen) atoms. The fourth-order valence-corrected chi connectivity index (χ4v) is 7.29. The van der Waals surface area contributed by atoms with Gasteiger partial charge in [0.1, 0.15) is 36.1 Å². The Balaban J connectivity index is 1.27. The third-order valence-corrected chi connectivity index (χ3v) is 10.1. The fourth-order valence-electron chi connectivity index (χ4n) is 7.29. The van der Waals surface area contributed by atoms with Crippen molar-refractivity contribution in [2.75, 3.05) is 68.3 Å². The maximum Gasteiger partial charge on any atom is 0.231 e. The minimum absolute atomic E-state index is 0.0341. The predicted molar refractivity (Wildman–Crippen MR) is 169 cm³/mol. The summed E-state index contributed by atoms with van der Waals surface area (Å²) >= 11 is 0. The van der Waals surface area contributed by atoms with Crippen molar-refractivity contribution in [1.29, 1.82) is 0 Å². The molecule has 0 saturated carbocycles. The smallest absolute Gasteiger partial charge is 0.231 e. The monoisotopic (exact) mass is 710 g/mol. The van der Waals surface area contributed by atoms with E-state index in [-0.39, 0.29) is 37.8 Å². The van der Waals surface area contributed by atoms with Crippen molar-refractivity contribution in [2.45, 2.75) is 61.0 Å². The molecule has 2 aromatic rings. The lowest BCUT2D eigenvalue weighted by Gasteiger charge is -2.43. The number of hydrogen-bond donors (Lipinski definition) is 6. The third kappa shape index (κ3) is 6.70. The quantitative estimate of drug-likeness (QED) is 0.152. The molecular formula is C34H46O16. The average molecular weight is 711 g/mol. The van der Waals surface area contributed by atoms with Crippen molar-refractivity contribution >= 4 is 0 Å². The van der Waals surface area contributed by atoms with Crippen LogP contribution in [0.25, 0.3) is 0 Å². The van der Waals surface area contributed by atoms with Gasteiger partial charge in [-0.05, 0) is 47.6 Å². The summed E-state index contributed by atoms with van der Waals surface area (Å²) in [6.45, 7) is -1.14. The summed E-state index contributed by atoms with van der Waals surface area (Å²) in [5.74, 6) is 1.96. The molecule has 3 heterocycles. The summed E-state index contributed by atoms with van der Waals surface area (Å²) < 4.78 is 57.4. The van der Waals surface area contributed by atoms with Gasteiger partial charge in [-0.3, -0.25) is 0 Å². The van der Waals surface area contributed by atoms with E-state index in [1.54, 1.807) is 28.4 Å². The lowest BCUT2D eigenvalue weighted by molar-refractivity contribution is -0.312. The summed E-state index contributed by atoms with van der Waals surface area (Å²) in [5.41, 5.74) is 0.829. The van der Waals surface area contributed by atoms with Gasteiger partial charge >= 0.3 is 0 Å². The summed E-state index contributed by atoms with van der Waals surface area (Å²) in [4.78, 5) is 0. The second kappa shape index (κ2) is 15.3. The third-order valence-electron chi connectivity index (χ3n) is 10.1. The predicted octanol–water partition coefficient (Wildman–Crippen LogP) is -0.711. The number of rotatable bonds is 13. The molecule has 3 aliphatic heterocycles. The molecule has 6 rings (SSSR count). The molecule has 278 valence electrons. The Labute approximate surface area is 288 Å². The highest BCUT2D eigenvalue weighted by atomic mass is 16.7. The first-order valence-corrected chi connectivity index (χ1v) is 16.3. The Hall–Kier alpha value is -3.00. The maximum atomic E-state index is 10.9. The standard InChI is InChI=1S/C34H46O16/c1-41-11-19-18(10-45-32-28(38)27(37)26(36)23(50-32)12-46-33-31(39)34(40,13-35)14-47-33)7-17-9-22(44-4)29-30(49-15-48-29)25(17)24(19)16-5-6-20(42-2)21(8-16)43-3/h5-6,8-9,18-19,23-24,26-28,31-33,35-40H,7,10-15H2,1-4H3. The van der Waals surface area contributed by atoms with Gasteiger partial charge in [-0.25, -0.2) is 0 Å². The molecule has 0 amide bonds. The van der Waals surface area contributed by atoms with E-state index >= 15 is 0 Å². The Morgan fingerprint density at radius 1 is 0.800 bits per heavy atom. The Morgan fingerprint density at radius 3 is 2.20 bits per heavy atom. The average Bonchev–Trinajstić information content (AvgIpc) is 3.74. The van der Waals surface area contributed by atoms with Crippen LogP contribution in [0, 0.1) is 11.8 Å². The molecule has 0 bridgehead atoms. The molecule has 2 saturated heterocycles. The van der Waals surface area contributed by atoms with E-state index in [0.29, 0.717) is 41.8 Å². The van der Waals surface area contributed by atoms with Crippen LogP contribution in [0.5, 0.6) is 28.7 Å². The molecule has 2 fully saturated rings. The van der Waals surface area contributed by atoms with E-state index in [9.17, 15) is 30.6 Å². The molecule has 11 atom stereocenters. The first-order chi connectivity index (χ1) is 24.1. The number of ether oxygens (including phenoxy) is 10. The molecule has 0 spiro atoms. The normalized spacial score (nSPS) is 34.8. The van der Waals surface area contributed by atoms with Crippen molar-refractivity contribution in [3.63, 3.8) is 0 Å². The van der Waals surface area contributed by atoms with E-state index < -0.39 is 61.9 Å². The van der Waals surface area contributed by atoms with Crippen LogP contribution in [0.2, 0.25) is 0 Å². The minimum atomic E-state index is -1.91. The molecule has 0 radical (unpaired) electrons. The van der Waals surface area contributed by atoms with Crippen LogP contribution in [0.4, 0.5) is 0 Å². The van der Waals surface area contributed by atoms with Crippen molar-refractivity contribution in [3.8, 4) is 28.7 Å². The molecule has 6 N–H and O–H groups in total. The molecule has 11 unspecified atom stereocenters. The number of methoxy groups -OCH3 is 4. The van der Waals surface area contributed by atoms with Crippen molar-refractivity contribution in [3.05, 3.63) is 41.0 Å². The van der Waals surface area contributed by atoms with Gasteiger partial charge in [0.2, 0.25) is 12.5 Å². The number of benzene rings is 2. The van der Waals surface area contributed by atoms with Gasteiger partial charge in [0, 0.05) is 18.6 Å². The van der Waals surface area contributed by atoms with Gasteiger partial charge in [0.15, 0.2) is 35.6 Å². The van der Waals surface area contributed by atoms with E-state index in [4.69, 9.17) is 47.4 Å². The molecule has 1 aliphatic carbocycles. The van der Waals surface area contributed by atoms with Crippen LogP contribution in [0.15, 0.2) is 24.3 Å². The molecule has 4 aliphatic rings. The molecular weight excluding hydrogens is 664 g/mol. The first kappa shape index (κ1) is 36.8. The summed E-state index contributed by atoms with van der Waals surface area (Å²) in [6.07, 6.45) is -9.83. The molecule has 2 aromatic carbocycles. The summed E-state index contributed by atoms with van der Waals surface area (Å²) in [7, 11) is 6.30.